The van der Waals surface area contributed by atoms with Gasteiger partial charge in [-0.15, -0.1) is 6.58 Å². The summed E-state index contributed by atoms with van der Waals surface area (Å²) >= 11 is 0. The van der Waals surface area contributed by atoms with Crippen LogP contribution in [-0.4, -0.2) is 43.4 Å². The van der Waals surface area contributed by atoms with E-state index in [9.17, 15) is 10.2 Å². The Labute approximate surface area is 153 Å². The molecule has 0 fully saturated rings. The van der Waals surface area contributed by atoms with Crippen molar-refractivity contribution in [3.63, 3.8) is 0 Å². The Morgan fingerprint density at radius 2 is 1.80 bits per heavy atom. The predicted octanol–water partition coefficient (Wildman–Crippen LogP) is 3.89. The van der Waals surface area contributed by atoms with Gasteiger partial charge in [-0.1, -0.05) is 57.2 Å². The molecule has 0 aromatic heterocycles. The van der Waals surface area contributed by atoms with Crippen molar-refractivity contribution in [1.82, 2.24) is 0 Å². The molecule has 0 saturated heterocycles. The first kappa shape index (κ1) is 22.1. The highest BCUT2D eigenvalue weighted by Crippen LogP contribution is 2.36. The van der Waals surface area contributed by atoms with Gasteiger partial charge in [-0.25, -0.2) is 0 Å². The Morgan fingerprint density at radius 3 is 2.28 bits per heavy atom. The van der Waals surface area contributed by atoms with Gasteiger partial charge in [-0.3, -0.25) is 0 Å². The van der Waals surface area contributed by atoms with Gasteiger partial charge >= 0.3 is 0 Å². The third kappa shape index (κ3) is 6.04. The normalized spacial score (nSPS) is 16.3. The molecular weight excluding hydrogens is 332 g/mol. The first-order valence-electron chi connectivity index (χ1n) is 8.82. The Balaban J connectivity index is 2.66. The van der Waals surface area contributed by atoms with Gasteiger partial charge in [-0.05, 0) is 30.1 Å². The van der Waals surface area contributed by atoms with Crippen LogP contribution in [0.5, 0.6) is 0 Å². The van der Waals surface area contributed by atoms with Crippen molar-refractivity contribution in [2.75, 3.05) is 13.2 Å². The predicted molar refractivity (Wildman–Crippen MR) is 105 cm³/mol. The molecule has 0 spiro atoms. The molecule has 4 nitrogen and oxygen atoms in total. The lowest BCUT2D eigenvalue weighted by atomic mass is 9.95. The molecule has 25 heavy (non-hydrogen) atoms. The zero-order chi connectivity index (χ0) is 19.1. The summed E-state index contributed by atoms with van der Waals surface area (Å²) < 4.78 is 12.0. The zero-order valence-electron chi connectivity index (χ0n) is 16.3. The van der Waals surface area contributed by atoms with Crippen LogP contribution in [0.1, 0.15) is 32.8 Å². The van der Waals surface area contributed by atoms with Crippen LogP contribution in [0.2, 0.25) is 18.1 Å². The molecule has 5 heteroatoms. The van der Waals surface area contributed by atoms with Crippen LogP contribution in [0.25, 0.3) is 0 Å². The van der Waals surface area contributed by atoms with Crippen LogP contribution in [-0.2, 0) is 15.8 Å². The monoisotopic (exact) mass is 366 g/mol. The molecule has 0 aliphatic heterocycles. The number of hydrogen-bond donors (Lipinski definition) is 2. The number of ether oxygens (including phenoxy) is 1. The van der Waals surface area contributed by atoms with E-state index in [1.54, 1.807) is 0 Å². The molecule has 1 aromatic rings. The highest BCUT2D eigenvalue weighted by atomic mass is 28.4. The Kier molecular flexibility index (Phi) is 8.03. The van der Waals surface area contributed by atoms with E-state index in [0.717, 1.165) is 5.56 Å². The second kappa shape index (κ2) is 9.10. The first-order valence-corrected chi connectivity index (χ1v) is 11.7. The van der Waals surface area contributed by atoms with Crippen molar-refractivity contribution in [3.05, 3.63) is 48.6 Å². The van der Waals surface area contributed by atoms with Crippen LogP contribution in [0, 0.1) is 0 Å². The fraction of sp³-hybridized carbons (Fsp3) is 0.600. The molecule has 0 amide bonds. The lowest BCUT2D eigenvalue weighted by Gasteiger charge is -2.38. The van der Waals surface area contributed by atoms with E-state index in [4.69, 9.17) is 9.16 Å². The maximum Gasteiger partial charge on any atom is 0.191 e. The maximum atomic E-state index is 10.6. The minimum Gasteiger partial charge on any atom is -0.417 e. The average Bonchev–Trinajstić information content (AvgIpc) is 2.56. The van der Waals surface area contributed by atoms with Crippen LogP contribution < -0.4 is 0 Å². The molecule has 0 bridgehead atoms. The van der Waals surface area contributed by atoms with Gasteiger partial charge < -0.3 is 19.4 Å². The summed E-state index contributed by atoms with van der Waals surface area (Å²) in [4.78, 5) is 0. The Bertz CT molecular complexity index is 524. The van der Waals surface area contributed by atoms with Gasteiger partial charge in [0.05, 0.1) is 19.3 Å². The molecule has 1 aromatic carbocycles. The van der Waals surface area contributed by atoms with Crippen molar-refractivity contribution in [2.45, 2.75) is 63.6 Å². The maximum absolute atomic E-state index is 10.6. The molecule has 1 rings (SSSR count). The molecular formula is C20H34O4Si. The first-order chi connectivity index (χ1) is 11.6. The number of aliphatic hydroxyl groups excluding tert-OH is 2. The third-order valence-corrected chi connectivity index (χ3v) is 9.71. The van der Waals surface area contributed by atoms with Crippen LogP contribution in [0.3, 0.4) is 0 Å². The number of benzene rings is 1. The second-order valence-corrected chi connectivity index (χ2v) is 12.8. The van der Waals surface area contributed by atoms with Gasteiger partial charge in [0.2, 0.25) is 0 Å². The standard InChI is InChI=1S/C20H34O4Si/c1-7-20(16-21,23-15-17-11-9-8-10-12-17)18(22)13-14-24-25(5,6)19(2,3)4/h7-12,18,21-22H,1,13-16H2,2-6H3/t18-,20-/m1/s1. The van der Waals surface area contributed by atoms with E-state index in [-0.39, 0.29) is 11.6 Å². The van der Waals surface area contributed by atoms with E-state index in [2.05, 4.69) is 40.4 Å². The smallest absolute Gasteiger partial charge is 0.191 e. The molecule has 142 valence electrons. The summed E-state index contributed by atoms with van der Waals surface area (Å²) in [5.74, 6) is 0. The van der Waals surface area contributed by atoms with E-state index < -0.39 is 20.0 Å². The fourth-order valence-corrected chi connectivity index (χ4v) is 3.25. The van der Waals surface area contributed by atoms with Gasteiger partial charge in [0.25, 0.3) is 0 Å². The fourth-order valence-electron chi connectivity index (χ4n) is 2.19. The van der Waals surface area contributed by atoms with Gasteiger partial charge in [0.15, 0.2) is 8.32 Å². The molecule has 0 aliphatic carbocycles. The molecule has 0 unspecified atom stereocenters. The lowest BCUT2D eigenvalue weighted by molar-refractivity contribution is -0.128. The van der Waals surface area contributed by atoms with E-state index >= 15 is 0 Å². The minimum absolute atomic E-state index is 0.119. The number of rotatable bonds is 10. The second-order valence-electron chi connectivity index (χ2n) is 8.00. The van der Waals surface area contributed by atoms with Crippen molar-refractivity contribution in [2.24, 2.45) is 0 Å². The van der Waals surface area contributed by atoms with Crippen LogP contribution in [0.4, 0.5) is 0 Å². The van der Waals surface area contributed by atoms with Gasteiger partial charge in [-0.2, -0.15) is 0 Å². The van der Waals surface area contributed by atoms with Gasteiger partial charge in [0.1, 0.15) is 5.60 Å². The highest BCUT2D eigenvalue weighted by molar-refractivity contribution is 6.74. The van der Waals surface area contributed by atoms with Crippen LogP contribution in [0.15, 0.2) is 43.0 Å². The summed E-state index contributed by atoms with van der Waals surface area (Å²) in [5.41, 5.74) is -0.209. The van der Waals surface area contributed by atoms with Crippen LogP contribution >= 0.6 is 0 Å². The van der Waals surface area contributed by atoms with E-state index in [1.165, 1.54) is 6.08 Å². The Morgan fingerprint density at radius 1 is 1.20 bits per heavy atom. The van der Waals surface area contributed by atoms with Crippen molar-refractivity contribution < 1.29 is 19.4 Å². The Hall–Kier alpha value is -0.983. The van der Waals surface area contributed by atoms with E-state index in [1.807, 2.05) is 30.3 Å². The summed E-state index contributed by atoms with van der Waals surface area (Å²) in [6.45, 7) is 15.1. The molecule has 0 heterocycles. The quantitative estimate of drug-likeness (QED) is 0.487. The zero-order valence-corrected chi connectivity index (χ0v) is 17.3. The van der Waals surface area contributed by atoms with Crippen molar-refractivity contribution in [1.29, 1.82) is 0 Å². The number of aliphatic hydroxyl groups is 2. The van der Waals surface area contributed by atoms with E-state index in [0.29, 0.717) is 19.6 Å². The molecule has 0 saturated carbocycles. The molecule has 2 N–H and O–H groups in total. The van der Waals surface area contributed by atoms with Gasteiger partial charge in [0, 0.05) is 6.61 Å². The summed E-state index contributed by atoms with van der Waals surface area (Å²) in [5, 5.41) is 20.6. The minimum atomic E-state index is -1.86. The van der Waals surface area contributed by atoms with Crippen molar-refractivity contribution in [3.8, 4) is 0 Å². The SMILES string of the molecule is C=C[C@](CO)(OCc1ccccc1)[C@H](O)CCO[Si](C)(C)C(C)(C)C. The topological polar surface area (TPSA) is 58.9 Å². The molecule has 0 radical (unpaired) electrons. The summed E-state index contributed by atoms with van der Waals surface area (Å²) in [7, 11) is -1.86. The highest BCUT2D eigenvalue weighted by Gasteiger charge is 2.39. The third-order valence-electron chi connectivity index (χ3n) is 5.17. The average molecular weight is 367 g/mol. The largest absolute Gasteiger partial charge is 0.417 e. The van der Waals surface area contributed by atoms with Crippen molar-refractivity contribution >= 4 is 8.32 Å². The summed E-state index contributed by atoms with van der Waals surface area (Å²) in [6.07, 6.45) is 0.990. The summed E-state index contributed by atoms with van der Waals surface area (Å²) in [6, 6.07) is 9.67. The molecule has 2 atom stereocenters. The molecule has 0 aliphatic rings. The lowest BCUT2D eigenvalue weighted by Crippen LogP contribution is -2.48. The number of hydrogen-bond acceptors (Lipinski definition) is 4.